The number of hydrogen-bond donors (Lipinski definition) is 1. The van der Waals surface area contributed by atoms with E-state index < -0.39 is 0 Å². The summed E-state index contributed by atoms with van der Waals surface area (Å²) < 4.78 is 6.13. The lowest BCUT2D eigenvalue weighted by atomic mass is 10.2. The Morgan fingerprint density at radius 1 is 1.33 bits per heavy atom. The zero-order valence-corrected chi connectivity index (χ0v) is 14.6. The van der Waals surface area contributed by atoms with Gasteiger partial charge in [0, 0.05) is 41.0 Å². The van der Waals surface area contributed by atoms with Crippen molar-refractivity contribution >= 4 is 27.5 Å². The molecule has 7 heteroatoms. The van der Waals surface area contributed by atoms with Gasteiger partial charge in [-0.15, -0.1) is 0 Å². The number of aryl methyl sites for hydroxylation is 2. The Morgan fingerprint density at radius 2 is 2.21 bits per heavy atom. The van der Waals surface area contributed by atoms with Crippen LogP contribution in [0.4, 0.5) is 5.69 Å². The van der Waals surface area contributed by atoms with Crippen molar-refractivity contribution in [2.24, 2.45) is 0 Å². The Bertz CT molecular complexity index is 849. The van der Waals surface area contributed by atoms with Crippen molar-refractivity contribution in [2.45, 2.75) is 19.8 Å². The summed E-state index contributed by atoms with van der Waals surface area (Å²) in [7, 11) is 0. The second kappa shape index (κ2) is 7.35. The fraction of sp³-hybridized carbons (Fsp3) is 0.176. The average molecular weight is 387 g/mol. The molecule has 0 aliphatic rings. The SMILES string of the molecule is Cc1ccc(NC(=O)CCc2nc(-c3cccnc3)no2)cc1Br. The average Bonchev–Trinajstić information content (AvgIpc) is 3.06. The van der Waals surface area contributed by atoms with E-state index in [0.29, 0.717) is 18.1 Å². The molecule has 1 aromatic carbocycles. The monoisotopic (exact) mass is 386 g/mol. The van der Waals surface area contributed by atoms with Gasteiger partial charge in [-0.2, -0.15) is 4.98 Å². The summed E-state index contributed by atoms with van der Waals surface area (Å²) in [5.41, 5.74) is 2.64. The lowest BCUT2D eigenvalue weighted by Gasteiger charge is -2.06. The van der Waals surface area contributed by atoms with Crippen LogP contribution in [0, 0.1) is 6.92 Å². The van der Waals surface area contributed by atoms with E-state index in [4.69, 9.17) is 4.52 Å². The van der Waals surface area contributed by atoms with Gasteiger partial charge in [0.2, 0.25) is 17.6 Å². The summed E-state index contributed by atoms with van der Waals surface area (Å²) in [6.07, 6.45) is 3.99. The Hall–Kier alpha value is -2.54. The topological polar surface area (TPSA) is 80.9 Å². The molecule has 0 spiro atoms. The number of nitrogens with one attached hydrogen (secondary N) is 1. The molecule has 0 atom stereocenters. The van der Waals surface area contributed by atoms with Crippen LogP contribution in [0.5, 0.6) is 0 Å². The molecule has 122 valence electrons. The van der Waals surface area contributed by atoms with E-state index in [1.807, 2.05) is 31.2 Å². The fourth-order valence-electron chi connectivity index (χ4n) is 2.08. The van der Waals surface area contributed by atoms with Crippen molar-refractivity contribution in [2.75, 3.05) is 5.32 Å². The van der Waals surface area contributed by atoms with Gasteiger partial charge in [-0.05, 0) is 36.8 Å². The van der Waals surface area contributed by atoms with Crippen molar-refractivity contribution in [1.29, 1.82) is 0 Å². The molecule has 0 saturated carbocycles. The number of carbonyl (C=O) groups is 1. The summed E-state index contributed by atoms with van der Waals surface area (Å²) in [4.78, 5) is 20.3. The van der Waals surface area contributed by atoms with E-state index in [-0.39, 0.29) is 12.3 Å². The number of halogens is 1. The number of rotatable bonds is 5. The van der Waals surface area contributed by atoms with Crippen molar-refractivity contribution in [1.82, 2.24) is 15.1 Å². The number of anilines is 1. The molecule has 24 heavy (non-hydrogen) atoms. The summed E-state index contributed by atoms with van der Waals surface area (Å²) >= 11 is 3.45. The molecule has 1 N–H and O–H groups in total. The molecule has 0 unspecified atom stereocenters. The third-order valence-corrected chi connectivity index (χ3v) is 4.26. The molecule has 1 amide bonds. The maximum atomic E-state index is 12.0. The van der Waals surface area contributed by atoms with Gasteiger partial charge >= 0.3 is 0 Å². The smallest absolute Gasteiger partial charge is 0.227 e. The predicted molar refractivity (Wildman–Crippen MR) is 93.4 cm³/mol. The third-order valence-electron chi connectivity index (χ3n) is 3.41. The largest absolute Gasteiger partial charge is 0.339 e. The molecule has 3 aromatic rings. The Kier molecular flexibility index (Phi) is 5.00. The van der Waals surface area contributed by atoms with Crippen LogP contribution < -0.4 is 5.32 Å². The van der Waals surface area contributed by atoms with Crippen LogP contribution >= 0.6 is 15.9 Å². The molecular weight excluding hydrogens is 372 g/mol. The van der Waals surface area contributed by atoms with Crippen molar-refractivity contribution in [3.8, 4) is 11.4 Å². The molecule has 0 radical (unpaired) electrons. The zero-order chi connectivity index (χ0) is 16.9. The Balaban J connectivity index is 1.56. The van der Waals surface area contributed by atoms with Crippen LogP contribution in [0.1, 0.15) is 17.9 Å². The highest BCUT2D eigenvalue weighted by molar-refractivity contribution is 9.10. The highest BCUT2D eigenvalue weighted by Gasteiger charge is 2.11. The summed E-state index contributed by atoms with van der Waals surface area (Å²) in [6, 6.07) is 9.34. The highest BCUT2D eigenvalue weighted by atomic mass is 79.9. The van der Waals surface area contributed by atoms with Gasteiger partial charge in [0.25, 0.3) is 0 Å². The Morgan fingerprint density at radius 3 is 2.96 bits per heavy atom. The number of amides is 1. The van der Waals surface area contributed by atoms with Crippen LogP contribution in [0.3, 0.4) is 0 Å². The van der Waals surface area contributed by atoms with Gasteiger partial charge in [-0.3, -0.25) is 9.78 Å². The van der Waals surface area contributed by atoms with Crippen molar-refractivity contribution < 1.29 is 9.32 Å². The quantitative estimate of drug-likeness (QED) is 0.721. The normalized spacial score (nSPS) is 10.6. The fourth-order valence-corrected chi connectivity index (χ4v) is 2.46. The second-order valence-electron chi connectivity index (χ2n) is 5.27. The molecular formula is C17H15BrN4O2. The molecule has 0 bridgehead atoms. The lowest BCUT2D eigenvalue weighted by Crippen LogP contribution is -2.12. The predicted octanol–water partition coefficient (Wildman–Crippen LogP) is 3.77. The number of benzene rings is 1. The summed E-state index contributed by atoms with van der Waals surface area (Å²) in [5.74, 6) is 0.793. The van der Waals surface area contributed by atoms with E-state index >= 15 is 0 Å². The van der Waals surface area contributed by atoms with Crippen LogP contribution in [0.25, 0.3) is 11.4 Å². The molecule has 6 nitrogen and oxygen atoms in total. The molecule has 2 heterocycles. The van der Waals surface area contributed by atoms with Crippen LogP contribution in [-0.4, -0.2) is 21.0 Å². The number of pyridine rings is 1. The van der Waals surface area contributed by atoms with Gasteiger partial charge < -0.3 is 9.84 Å². The van der Waals surface area contributed by atoms with Crippen molar-refractivity contribution in [3.63, 3.8) is 0 Å². The summed E-state index contributed by atoms with van der Waals surface area (Å²) in [6.45, 7) is 1.99. The number of carbonyl (C=O) groups excluding carboxylic acids is 1. The Labute approximate surface area is 147 Å². The second-order valence-corrected chi connectivity index (χ2v) is 6.12. The first kappa shape index (κ1) is 16.3. The van der Waals surface area contributed by atoms with Gasteiger partial charge in [0.15, 0.2) is 0 Å². The molecule has 0 saturated heterocycles. The van der Waals surface area contributed by atoms with E-state index in [0.717, 1.165) is 21.3 Å². The lowest BCUT2D eigenvalue weighted by molar-refractivity contribution is -0.116. The number of aromatic nitrogens is 3. The van der Waals surface area contributed by atoms with Gasteiger partial charge in [0.1, 0.15) is 0 Å². The minimum Gasteiger partial charge on any atom is -0.339 e. The first-order chi connectivity index (χ1) is 11.6. The van der Waals surface area contributed by atoms with Crippen LogP contribution in [-0.2, 0) is 11.2 Å². The van der Waals surface area contributed by atoms with E-state index in [9.17, 15) is 4.79 Å². The highest BCUT2D eigenvalue weighted by Crippen LogP contribution is 2.21. The minimum atomic E-state index is -0.105. The zero-order valence-electron chi connectivity index (χ0n) is 13.0. The van der Waals surface area contributed by atoms with Gasteiger partial charge in [-0.1, -0.05) is 27.2 Å². The number of nitrogens with zero attached hydrogens (tertiary/aromatic N) is 3. The first-order valence-electron chi connectivity index (χ1n) is 7.41. The van der Waals surface area contributed by atoms with Crippen LogP contribution in [0.15, 0.2) is 51.7 Å². The maximum absolute atomic E-state index is 12.0. The molecule has 0 aliphatic heterocycles. The minimum absolute atomic E-state index is 0.105. The summed E-state index contributed by atoms with van der Waals surface area (Å²) in [5, 5.41) is 6.76. The van der Waals surface area contributed by atoms with Crippen LogP contribution in [0.2, 0.25) is 0 Å². The number of hydrogen-bond acceptors (Lipinski definition) is 5. The third kappa shape index (κ3) is 4.05. The van der Waals surface area contributed by atoms with E-state index in [1.54, 1.807) is 18.5 Å². The van der Waals surface area contributed by atoms with E-state index in [1.165, 1.54) is 0 Å². The van der Waals surface area contributed by atoms with Gasteiger partial charge in [-0.25, -0.2) is 0 Å². The standard InChI is InChI=1S/C17H15BrN4O2/c1-11-4-5-13(9-14(11)18)20-15(23)6-7-16-21-17(22-24-16)12-3-2-8-19-10-12/h2-5,8-10H,6-7H2,1H3,(H,20,23). The molecule has 0 fully saturated rings. The maximum Gasteiger partial charge on any atom is 0.227 e. The van der Waals surface area contributed by atoms with Crippen molar-refractivity contribution in [3.05, 3.63) is 58.7 Å². The molecule has 2 aromatic heterocycles. The molecule has 3 rings (SSSR count). The van der Waals surface area contributed by atoms with E-state index in [2.05, 4.69) is 36.4 Å². The van der Waals surface area contributed by atoms with Gasteiger partial charge in [0.05, 0.1) is 0 Å². The first-order valence-corrected chi connectivity index (χ1v) is 8.20. The molecule has 0 aliphatic carbocycles.